The summed E-state index contributed by atoms with van der Waals surface area (Å²) in [4.78, 5) is 19.4. The normalized spacial score (nSPS) is 15.2. The molecular formula is C25H26N2O. The van der Waals surface area contributed by atoms with Crippen LogP contribution in [-0.2, 0) is 24.2 Å². The standard InChI is InChI=1S/C25H26N2O/c28-25(18-23-11-10-22-8-4-5-9-24(22)23)27(19-21-12-15-26-16-13-21)17-14-20-6-2-1-3-7-20/h1-9,12-13,15-16,23H,10-11,14,17-19H2. The molecule has 2 aromatic carbocycles. The fourth-order valence-electron chi connectivity index (χ4n) is 4.11. The van der Waals surface area contributed by atoms with Gasteiger partial charge in [-0.15, -0.1) is 0 Å². The Morgan fingerprint density at radius 3 is 2.50 bits per heavy atom. The van der Waals surface area contributed by atoms with Crippen LogP contribution in [-0.4, -0.2) is 22.3 Å². The largest absolute Gasteiger partial charge is 0.338 e. The molecule has 3 aromatic rings. The molecule has 1 aromatic heterocycles. The summed E-state index contributed by atoms with van der Waals surface area (Å²) in [7, 11) is 0. The summed E-state index contributed by atoms with van der Waals surface area (Å²) < 4.78 is 0. The topological polar surface area (TPSA) is 33.2 Å². The molecule has 1 aliphatic carbocycles. The fraction of sp³-hybridized carbons (Fsp3) is 0.280. The highest BCUT2D eigenvalue weighted by Crippen LogP contribution is 2.35. The smallest absolute Gasteiger partial charge is 0.223 e. The van der Waals surface area contributed by atoms with E-state index in [2.05, 4.69) is 53.5 Å². The van der Waals surface area contributed by atoms with E-state index in [9.17, 15) is 4.79 Å². The van der Waals surface area contributed by atoms with Crippen LogP contribution in [0.1, 0.15) is 41.0 Å². The Morgan fingerprint density at radius 1 is 0.929 bits per heavy atom. The van der Waals surface area contributed by atoms with Crippen LogP contribution in [0.15, 0.2) is 79.1 Å². The van der Waals surface area contributed by atoms with Crippen molar-refractivity contribution in [2.45, 2.75) is 38.1 Å². The maximum atomic E-state index is 13.2. The number of pyridine rings is 1. The SMILES string of the molecule is O=C(CC1CCc2ccccc21)N(CCc1ccccc1)Cc1ccncc1. The van der Waals surface area contributed by atoms with Crippen LogP contribution < -0.4 is 0 Å². The highest BCUT2D eigenvalue weighted by atomic mass is 16.2. The third-order valence-electron chi connectivity index (χ3n) is 5.67. The highest BCUT2D eigenvalue weighted by molar-refractivity contribution is 5.77. The zero-order chi connectivity index (χ0) is 19.2. The first-order valence-electron chi connectivity index (χ1n) is 10.1. The van der Waals surface area contributed by atoms with Crippen LogP contribution in [0.4, 0.5) is 0 Å². The summed E-state index contributed by atoms with van der Waals surface area (Å²) >= 11 is 0. The van der Waals surface area contributed by atoms with Gasteiger partial charge in [-0.3, -0.25) is 9.78 Å². The van der Waals surface area contributed by atoms with E-state index in [1.54, 1.807) is 12.4 Å². The van der Waals surface area contributed by atoms with E-state index in [0.717, 1.165) is 31.4 Å². The van der Waals surface area contributed by atoms with Gasteiger partial charge in [0, 0.05) is 31.9 Å². The minimum Gasteiger partial charge on any atom is -0.338 e. The van der Waals surface area contributed by atoms with Gasteiger partial charge in [-0.1, -0.05) is 54.6 Å². The second kappa shape index (κ2) is 8.83. The van der Waals surface area contributed by atoms with Crippen molar-refractivity contribution >= 4 is 5.91 Å². The van der Waals surface area contributed by atoms with Gasteiger partial charge < -0.3 is 4.90 Å². The van der Waals surface area contributed by atoms with Gasteiger partial charge >= 0.3 is 0 Å². The average molecular weight is 370 g/mol. The molecule has 142 valence electrons. The molecule has 0 saturated carbocycles. The molecule has 1 amide bonds. The van der Waals surface area contributed by atoms with Crippen LogP contribution in [0, 0.1) is 0 Å². The summed E-state index contributed by atoms with van der Waals surface area (Å²) in [5.41, 5.74) is 5.16. The minimum atomic E-state index is 0.245. The van der Waals surface area contributed by atoms with E-state index < -0.39 is 0 Å². The fourth-order valence-corrected chi connectivity index (χ4v) is 4.11. The Balaban J connectivity index is 1.46. The van der Waals surface area contributed by atoms with Crippen molar-refractivity contribution in [2.24, 2.45) is 0 Å². The summed E-state index contributed by atoms with van der Waals surface area (Å²) in [5, 5.41) is 0. The molecule has 0 aliphatic heterocycles. The molecule has 1 atom stereocenters. The number of carbonyl (C=O) groups excluding carboxylic acids is 1. The van der Waals surface area contributed by atoms with E-state index in [1.807, 2.05) is 23.1 Å². The van der Waals surface area contributed by atoms with Crippen molar-refractivity contribution in [2.75, 3.05) is 6.54 Å². The molecule has 3 nitrogen and oxygen atoms in total. The van der Waals surface area contributed by atoms with Gasteiger partial charge in [0.1, 0.15) is 0 Å². The van der Waals surface area contributed by atoms with Crippen LogP contribution in [0.2, 0.25) is 0 Å². The molecule has 28 heavy (non-hydrogen) atoms. The van der Waals surface area contributed by atoms with Gasteiger partial charge in [0.25, 0.3) is 0 Å². The van der Waals surface area contributed by atoms with E-state index in [-0.39, 0.29) is 5.91 Å². The predicted molar refractivity (Wildman–Crippen MR) is 112 cm³/mol. The number of aromatic nitrogens is 1. The Morgan fingerprint density at radius 2 is 1.68 bits per heavy atom. The average Bonchev–Trinajstić information content (AvgIpc) is 3.15. The van der Waals surface area contributed by atoms with Gasteiger partial charge in [0.05, 0.1) is 0 Å². The van der Waals surface area contributed by atoms with Gasteiger partial charge in [-0.25, -0.2) is 0 Å². The Labute approximate surface area is 167 Å². The monoisotopic (exact) mass is 370 g/mol. The number of fused-ring (bicyclic) bond motifs is 1. The molecule has 0 spiro atoms. The Bertz CT molecular complexity index is 908. The number of carbonyl (C=O) groups is 1. The van der Waals surface area contributed by atoms with Crippen molar-refractivity contribution in [3.05, 3.63) is 101 Å². The molecule has 0 saturated heterocycles. The third-order valence-corrected chi connectivity index (χ3v) is 5.67. The lowest BCUT2D eigenvalue weighted by molar-refractivity contribution is -0.132. The van der Waals surface area contributed by atoms with E-state index in [1.165, 1.54) is 16.7 Å². The zero-order valence-electron chi connectivity index (χ0n) is 16.1. The van der Waals surface area contributed by atoms with Crippen molar-refractivity contribution in [3.8, 4) is 0 Å². The minimum absolute atomic E-state index is 0.245. The number of rotatable bonds is 7. The number of aryl methyl sites for hydroxylation is 1. The van der Waals surface area contributed by atoms with Gasteiger partial charge in [0.15, 0.2) is 0 Å². The quantitative estimate of drug-likeness (QED) is 0.600. The lowest BCUT2D eigenvalue weighted by atomic mass is 9.97. The second-order valence-electron chi connectivity index (χ2n) is 7.54. The van der Waals surface area contributed by atoms with E-state index in [0.29, 0.717) is 18.9 Å². The Kier molecular flexibility index (Phi) is 5.81. The first-order chi connectivity index (χ1) is 13.8. The number of amides is 1. The van der Waals surface area contributed by atoms with Crippen LogP contribution in [0.25, 0.3) is 0 Å². The van der Waals surface area contributed by atoms with Crippen molar-refractivity contribution in [3.63, 3.8) is 0 Å². The second-order valence-corrected chi connectivity index (χ2v) is 7.54. The molecule has 4 rings (SSSR count). The van der Waals surface area contributed by atoms with Crippen molar-refractivity contribution in [1.29, 1.82) is 0 Å². The first-order valence-corrected chi connectivity index (χ1v) is 10.1. The third kappa shape index (κ3) is 4.48. The maximum absolute atomic E-state index is 13.2. The van der Waals surface area contributed by atoms with Gasteiger partial charge in [0.2, 0.25) is 5.91 Å². The molecule has 0 bridgehead atoms. The summed E-state index contributed by atoms with van der Waals surface area (Å²) in [6.45, 7) is 1.38. The van der Waals surface area contributed by atoms with Crippen molar-refractivity contribution in [1.82, 2.24) is 9.88 Å². The highest BCUT2D eigenvalue weighted by Gasteiger charge is 2.26. The molecule has 1 unspecified atom stereocenters. The van der Waals surface area contributed by atoms with Crippen molar-refractivity contribution < 1.29 is 4.79 Å². The predicted octanol–water partition coefficient (Wildman–Crippen LogP) is 4.77. The van der Waals surface area contributed by atoms with E-state index in [4.69, 9.17) is 0 Å². The lowest BCUT2D eigenvalue weighted by Gasteiger charge is -2.25. The molecule has 0 radical (unpaired) electrons. The number of hydrogen-bond acceptors (Lipinski definition) is 2. The summed E-state index contributed by atoms with van der Waals surface area (Å²) in [5.74, 6) is 0.592. The van der Waals surface area contributed by atoms with Crippen LogP contribution in [0.3, 0.4) is 0 Å². The number of hydrogen-bond donors (Lipinski definition) is 0. The van der Waals surface area contributed by atoms with Crippen LogP contribution >= 0.6 is 0 Å². The molecule has 1 aliphatic rings. The van der Waals surface area contributed by atoms with Gasteiger partial charge in [-0.05, 0) is 59.6 Å². The number of nitrogens with zero attached hydrogens (tertiary/aromatic N) is 2. The van der Waals surface area contributed by atoms with Gasteiger partial charge in [-0.2, -0.15) is 0 Å². The molecule has 0 fully saturated rings. The maximum Gasteiger partial charge on any atom is 0.223 e. The lowest BCUT2D eigenvalue weighted by Crippen LogP contribution is -2.33. The number of benzene rings is 2. The summed E-state index contributed by atoms with van der Waals surface area (Å²) in [6.07, 6.45) is 7.22. The zero-order valence-corrected chi connectivity index (χ0v) is 16.1. The molecule has 3 heteroatoms. The van der Waals surface area contributed by atoms with E-state index >= 15 is 0 Å². The first kappa shape index (κ1) is 18.4. The molecule has 1 heterocycles. The summed E-state index contributed by atoms with van der Waals surface area (Å²) in [6, 6.07) is 23.0. The van der Waals surface area contributed by atoms with Crippen LogP contribution in [0.5, 0.6) is 0 Å². The molecule has 0 N–H and O–H groups in total. The Hall–Kier alpha value is -2.94. The molecular weight excluding hydrogens is 344 g/mol.